The minimum atomic E-state index is 1.23. The van der Waals surface area contributed by atoms with Gasteiger partial charge >= 0.3 is 0 Å². The maximum Gasteiger partial charge on any atom is 0.0434 e. The van der Waals surface area contributed by atoms with Gasteiger partial charge in [0.15, 0.2) is 0 Å². The molecule has 3 heteroatoms. The predicted molar refractivity (Wildman–Crippen MR) is 218 cm³/mol. The van der Waals surface area contributed by atoms with Crippen molar-refractivity contribution in [2.24, 2.45) is 0 Å². The highest BCUT2D eigenvalue weighted by molar-refractivity contribution is 7.27. The van der Waals surface area contributed by atoms with Crippen LogP contribution in [0.1, 0.15) is 126 Å². The predicted octanol–water partition coefficient (Wildman–Crippen LogP) is 16.2. The van der Waals surface area contributed by atoms with E-state index in [1.54, 1.807) is 9.75 Å². The summed E-state index contributed by atoms with van der Waals surface area (Å²) < 4.78 is 5.79. The zero-order valence-electron chi connectivity index (χ0n) is 28.7. The van der Waals surface area contributed by atoms with Gasteiger partial charge in [0, 0.05) is 60.9 Å². The summed E-state index contributed by atoms with van der Waals surface area (Å²) >= 11 is 6.04. The molecule has 0 saturated heterocycles. The Morgan fingerprint density at radius 1 is 0.340 bits per heavy atom. The molecule has 0 aliphatic rings. The molecule has 0 atom stereocenters. The molecule has 7 aromatic rings. The maximum atomic E-state index is 2.51. The molecule has 246 valence electrons. The molecule has 0 aliphatic heterocycles. The van der Waals surface area contributed by atoms with Crippen molar-refractivity contribution in [3.63, 3.8) is 0 Å². The lowest BCUT2D eigenvalue weighted by Crippen LogP contribution is -1.83. The van der Waals surface area contributed by atoms with Crippen LogP contribution in [0.25, 0.3) is 61.9 Å². The van der Waals surface area contributed by atoms with Gasteiger partial charge < -0.3 is 0 Å². The summed E-state index contributed by atoms with van der Waals surface area (Å²) in [5.74, 6) is 0. The maximum absolute atomic E-state index is 2.51. The van der Waals surface area contributed by atoms with Crippen LogP contribution in [0.3, 0.4) is 0 Å². The second kappa shape index (κ2) is 15.8. The van der Waals surface area contributed by atoms with Crippen LogP contribution in [-0.4, -0.2) is 0 Å². The Labute approximate surface area is 294 Å². The van der Waals surface area contributed by atoms with E-state index in [1.165, 1.54) is 177 Å². The van der Waals surface area contributed by atoms with Gasteiger partial charge in [-0.1, -0.05) is 140 Å². The van der Waals surface area contributed by atoms with E-state index in [9.17, 15) is 0 Å². The van der Waals surface area contributed by atoms with Crippen LogP contribution in [0.5, 0.6) is 0 Å². The van der Waals surface area contributed by atoms with Gasteiger partial charge in [-0.25, -0.2) is 0 Å². The molecule has 0 aliphatic carbocycles. The second-order valence-electron chi connectivity index (χ2n) is 14.0. The van der Waals surface area contributed by atoms with E-state index in [-0.39, 0.29) is 0 Å². The van der Waals surface area contributed by atoms with Crippen molar-refractivity contribution in [1.82, 2.24) is 0 Å². The first-order valence-corrected chi connectivity index (χ1v) is 21.3. The summed E-state index contributed by atoms with van der Waals surface area (Å²) in [5.41, 5.74) is 0. The monoisotopic (exact) mass is 676 g/mol. The smallest absolute Gasteiger partial charge is 0.0434 e. The highest BCUT2D eigenvalue weighted by Crippen LogP contribution is 2.45. The van der Waals surface area contributed by atoms with Crippen LogP contribution in [0.4, 0.5) is 0 Å². The molecule has 7 rings (SSSR count). The van der Waals surface area contributed by atoms with E-state index in [1.807, 2.05) is 34.0 Å². The van der Waals surface area contributed by atoms with Crippen molar-refractivity contribution in [2.45, 2.75) is 129 Å². The van der Waals surface area contributed by atoms with Gasteiger partial charge in [0.1, 0.15) is 0 Å². The number of benzene rings is 4. The van der Waals surface area contributed by atoms with Gasteiger partial charge in [-0.05, 0) is 60.7 Å². The molecule has 0 unspecified atom stereocenters. The third-order valence-electron chi connectivity index (χ3n) is 10.4. The highest BCUT2D eigenvalue weighted by Gasteiger charge is 2.15. The average molecular weight is 677 g/mol. The summed E-state index contributed by atoms with van der Waals surface area (Å²) in [4.78, 5) is 3.12. The van der Waals surface area contributed by atoms with E-state index in [0.717, 1.165) is 0 Å². The SMILES string of the molecule is CCCCCCCCCCc1cc2c(ccc3c2ccc2c4ccc5c6cc(CCCCCCCCCC)sc6ccc5c4sc32)s1. The van der Waals surface area contributed by atoms with E-state index >= 15 is 0 Å². The van der Waals surface area contributed by atoms with Crippen molar-refractivity contribution in [3.05, 3.63) is 70.4 Å². The lowest BCUT2D eigenvalue weighted by molar-refractivity contribution is 0.576. The average Bonchev–Trinajstić information content (AvgIpc) is 3.81. The molecule has 0 radical (unpaired) electrons. The highest BCUT2D eigenvalue weighted by atomic mass is 32.1. The lowest BCUT2D eigenvalue weighted by atomic mass is 10.0. The zero-order valence-corrected chi connectivity index (χ0v) is 31.2. The van der Waals surface area contributed by atoms with Crippen LogP contribution in [0.15, 0.2) is 60.7 Å². The van der Waals surface area contributed by atoms with Crippen LogP contribution < -0.4 is 0 Å². The number of aryl methyl sites for hydroxylation is 2. The van der Waals surface area contributed by atoms with E-state index in [0.29, 0.717) is 0 Å². The third-order valence-corrected chi connectivity index (χ3v) is 14.1. The number of hydrogen-bond donors (Lipinski definition) is 0. The quantitative estimate of drug-likeness (QED) is 0.0794. The Kier molecular flexibility index (Phi) is 11.1. The molecule has 3 heterocycles. The third kappa shape index (κ3) is 7.29. The summed E-state index contributed by atoms with van der Waals surface area (Å²) in [6, 6.07) is 24.2. The Hall–Kier alpha value is -2.46. The standard InChI is InChI=1S/C44H52S3/c1-3-5-7-9-11-13-15-17-19-31-29-39-33-21-23-37-38-24-22-34-36(44(38)47-43(37)35(33)25-27-41(39)45-31)26-28-42-40(34)30-32(46-42)20-18-16-14-12-10-8-6-4-2/h21-30H,3-20H2,1-2H3. The number of thiophene rings is 3. The van der Waals surface area contributed by atoms with E-state index in [2.05, 4.69) is 74.5 Å². The molecule has 0 bridgehead atoms. The van der Waals surface area contributed by atoms with Gasteiger partial charge in [-0.2, -0.15) is 0 Å². The van der Waals surface area contributed by atoms with Crippen LogP contribution in [0, 0.1) is 0 Å². The van der Waals surface area contributed by atoms with Crippen molar-refractivity contribution in [2.75, 3.05) is 0 Å². The molecule has 47 heavy (non-hydrogen) atoms. The molecule has 0 N–H and O–H groups in total. The van der Waals surface area contributed by atoms with Crippen molar-refractivity contribution >= 4 is 95.9 Å². The van der Waals surface area contributed by atoms with Crippen molar-refractivity contribution in [1.29, 1.82) is 0 Å². The number of unbranched alkanes of at least 4 members (excludes halogenated alkanes) is 14. The second-order valence-corrected chi connectivity index (χ2v) is 17.4. The largest absolute Gasteiger partial charge is 0.140 e. The number of rotatable bonds is 18. The van der Waals surface area contributed by atoms with Gasteiger partial charge in [-0.3, -0.25) is 0 Å². The Bertz CT molecular complexity index is 1940. The van der Waals surface area contributed by atoms with E-state index < -0.39 is 0 Å². The fourth-order valence-electron chi connectivity index (χ4n) is 7.76. The number of fused-ring (bicyclic) bond motifs is 11. The van der Waals surface area contributed by atoms with E-state index in [4.69, 9.17) is 0 Å². The first-order chi connectivity index (χ1) is 23.2. The summed E-state index contributed by atoms with van der Waals surface area (Å²) in [6.07, 6.45) is 24.6. The lowest BCUT2D eigenvalue weighted by Gasteiger charge is -2.02. The molecule has 0 nitrogen and oxygen atoms in total. The topological polar surface area (TPSA) is 0 Å². The first-order valence-electron chi connectivity index (χ1n) is 18.9. The zero-order chi connectivity index (χ0) is 32.0. The molecular weight excluding hydrogens is 625 g/mol. The van der Waals surface area contributed by atoms with Crippen LogP contribution in [-0.2, 0) is 12.8 Å². The summed E-state index contributed by atoms with van der Waals surface area (Å²) in [7, 11) is 0. The molecule has 0 amide bonds. The van der Waals surface area contributed by atoms with Crippen LogP contribution >= 0.6 is 34.0 Å². The molecule has 3 aromatic heterocycles. The van der Waals surface area contributed by atoms with Gasteiger partial charge in [0.05, 0.1) is 0 Å². The van der Waals surface area contributed by atoms with Gasteiger partial charge in [-0.15, -0.1) is 34.0 Å². The molecular formula is C44H52S3. The minimum Gasteiger partial charge on any atom is -0.140 e. The summed E-state index contributed by atoms with van der Waals surface area (Å²) in [5, 5.41) is 11.4. The Morgan fingerprint density at radius 3 is 1.11 bits per heavy atom. The van der Waals surface area contributed by atoms with Crippen molar-refractivity contribution in [3.8, 4) is 0 Å². The van der Waals surface area contributed by atoms with Gasteiger partial charge in [0.25, 0.3) is 0 Å². The Balaban J connectivity index is 1.10. The molecule has 4 aromatic carbocycles. The van der Waals surface area contributed by atoms with Crippen LogP contribution in [0.2, 0.25) is 0 Å². The normalized spacial score (nSPS) is 12.3. The fraction of sp³-hybridized carbons (Fsp3) is 0.455. The number of hydrogen-bond acceptors (Lipinski definition) is 3. The fourth-order valence-corrected chi connectivity index (χ4v) is 11.4. The Morgan fingerprint density at radius 2 is 0.681 bits per heavy atom. The summed E-state index contributed by atoms with van der Waals surface area (Å²) in [6.45, 7) is 4.60. The molecule has 0 fully saturated rings. The first kappa shape index (κ1) is 33.1. The molecule has 0 saturated carbocycles. The molecule has 0 spiro atoms. The van der Waals surface area contributed by atoms with Crippen molar-refractivity contribution < 1.29 is 0 Å². The van der Waals surface area contributed by atoms with Gasteiger partial charge in [0.2, 0.25) is 0 Å². The minimum absolute atomic E-state index is 1.23.